The van der Waals surface area contributed by atoms with Crippen LogP contribution in [0.15, 0.2) is 67.0 Å². The van der Waals surface area contributed by atoms with Crippen molar-refractivity contribution in [2.45, 2.75) is 45.8 Å². The van der Waals surface area contributed by atoms with E-state index in [-0.39, 0.29) is 17.7 Å². The van der Waals surface area contributed by atoms with E-state index >= 15 is 0 Å². The van der Waals surface area contributed by atoms with Crippen molar-refractivity contribution in [3.05, 3.63) is 83.7 Å². The quantitative estimate of drug-likeness (QED) is 0.669. The van der Waals surface area contributed by atoms with Gasteiger partial charge in [0, 0.05) is 37.7 Å². The Bertz CT molecular complexity index is 1060. The largest absolute Gasteiger partial charge is 0.350 e. The van der Waals surface area contributed by atoms with Gasteiger partial charge in [0.25, 0.3) is 0 Å². The average molecular weight is 417 g/mol. The maximum Gasteiger partial charge on any atom is 0.243 e. The smallest absolute Gasteiger partial charge is 0.243 e. The minimum absolute atomic E-state index is 0.0292. The number of carbonyl (C=O) groups is 2. The maximum absolute atomic E-state index is 13.1. The standard InChI is InChI=1S/C25H28N4O2/c1-18(2)12-24(30)28-17-21-9-7-6-8-20(21)13-23(28)25(31)26-14-19-15-27-29(16-19)22-10-4-3-5-11-22/h3-11,15-16,18,23H,12-14,17H2,1-2H3,(H,26,31). The zero-order valence-electron chi connectivity index (χ0n) is 18.0. The van der Waals surface area contributed by atoms with Crippen LogP contribution in [0, 0.1) is 5.92 Å². The Morgan fingerprint density at radius 2 is 1.77 bits per heavy atom. The van der Waals surface area contributed by atoms with E-state index in [1.54, 1.807) is 15.8 Å². The van der Waals surface area contributed by atoms with E-state index in [9.17, 15) is 9.59 Å². The predicted octanol–water partition coefficient (Wildman–Crippen LogP) is 3.49. The maximum atomic E-state index is 13.1. The second-order valence-corrected chi connectivity index (χ2v) is 8.45. The first-order valence-electron chi connectivity index (χ1n) is 10.7. The molecule has 0 bridgehead atoms. The Kier molecular flexibility index (Phi) is 6.16. The number of carbonyl (C=O) groups excluding carboxylic acids is 2. The number of rotatable bonds is 6. The molecular weight excluding hydrogens is 388 g/mol. The first-order chi connectivity index (χ1) is 15.0. The van der Waals surface area contributed by atoms with Gasteiger partial charge in [-0.15, -0.1) is 0 Å². The molecule has 0 spiro atoms. The van der Waals surface area contributed by atoms with Crippen LogP contribution < -0.4 is 5.32 Å². The number of fused-ring (bicyclic) bond motifs is 1. The number of benzene rings is 2. The highest BCUT2D eigenvalue weighted by Crippen LogP contribution is 2.25. The molecule has 31 heavy (non-hydrogen) atoms. The van der Waals surface area contributed by atoms with Gasteiger partial charge in [-0.2, -0.15) is 5.10 Å². The topological polar surface area (TPSA) is 67.2 Å². The van der Waals surface area contributed by atoms with Crippen LogP contribution in [0.2, 0.25) is 0 Å². The minimum Gasteiger partial charge on any atom is -0.350 e. The molecule has 2 heterocycles. The third kappa shape index (κ3) is 4.85. The molecule has 160 valence electrons. The average Bonchev–Trinajstić information content (AvgIpc) is 3.26. The molecule has 1 atom stereocenters. The van der Waals surface area contributed by atoms with Gasteiger partial charge in [-0.1, -0.05) is 56.3 Å². The van der Waals surface area contributed by atoms with E-state index in [4.69, 9.17) is 0 Å². The summed E-state index contributed by atoms with van der Waals surface area (Å²) in [5.74, 6) is 0.151. The molecule has 0 radical (unpaired) electrons. The second kappa shape index (κ2) is 9.16. The van der Waals surface area contributed by atoms with E-state index < -0.39 is 6.04 Å². The molecule has 1 aromatic heterocycles. The number of aromatic nitrogens is 2. The number of hydrogen-bond acceptors (Lipinski definition) is 3. The van der Waals surface area contributed by atoms with Crippen molar-refractivity contribution in [2.24, 2.45) is 5.92 Å². The molecule has 1 unspecified atom stereocenters. The third-order valence-electron chi connectivity index (χ3n) is 5.58. The summed E-state index contributed by atoms with van der Waals surface area (Å²) in [6.45, 7) is 4.90. The van der Waals surface area contributed by atoms with E-state index in [2.05, 4.69) is 10.4 Å². The molecule has 1 aliphatic rings. The summed E-state index contributed by atoms with van der Waals surface area (Å²) in [6, 6.07) is 17.4. The molecule has 1 aliphatic heterocycles. The number of nitrogens with zero attached hydrogens (tertiary/aromatic N) is 3. The summed E-state index contributed by atoms with van der Waals surface area (Å²) in [6.07, 6.45) is 4.64. The summed E-state index contributed by atoms with van der Waals surface area (Å²) >= 11 is 0. The van der Waals surface area contributed by atoms with Crippen LogP contribution in [0.4, 0.5) is 0 Å². The van der Waals surface area contributed by atoms with Gasteiger partial charge in [0.1, 0.15) is 6.04 Å². The second-order valence-electron chi connectivity index (χ2n) is 8.45. The van der Waals surface area contributed by atoms with E-state index in [1.807, 2.05) is 74.6 Å². The van der Waals surface area contributed by atoms with Crippen LogP contribution in [-0.4, -0.2) is 32.5 Å². The molecule has 2 aromatic carbocycles. The van der Waals surface area contributed by atoms with Gasteiger partial charge < -0.3 is 10.2 Å². The lowest BCUT2D eigenvalue weighted by Crippen LogP contribution is -2.52. The van der Waals surface area contributed by atoms with Crippen molar-refractivity contribution in [1.29, 1.82) is 0 Å². The van der Waals surface area contributed by atoms with Gasteiger partial charge in [-0.05, 0) is 29.2 Å². The number of amides is 2. The minimum atomic E-state index is -0.495. The fourth-order valence-corrected chi connectivity index (χ4v) is 3.97. The predicted molar refractivity (Wildman–Crippen MR) is 119 cm³/mol. The van der Waals surface area contributed by atoms with Crippen LogP contribution in [-0.2, 0) is 29.1 Å². The van der Waals surface area contributed by atoms with Gasteiger partial charge in [0.2, 0.25) is 11.8 Å². The Hall–Kier alpha value is -3.41. The van der Waals surface area contributed by atoms with Crippen molar-refractivity contribution in [1.82, 2.24) is 20.0 Å². The zero-order chi connectivity index (χ0) is 21.8. The SMILES string of the molecule is CC(C)CC(=O)N1Cc2ccccc2CC1C(=O)NCc1cnn(-c2ccccc2)c1. The summed E-state index contributed by atoms with van der Waals surface area (Å²) in [4.78, 5) is 27.8. The van der Waals surface area contributed by atoms with E-state index in [1.165, 1.54) is 0 Å². The van der Waals surface area contributed by atoms with Crippen LogP contribution >= 0.6 is 0 Å². The lowest BCUT2D eigenvalue weighted by Gasteiger charge is -2.36. The third-order valence-corrected chi connectivity index (χ3v) is 5.58. The molecule has 6 nitrogen and oxygen atoms in total. The number of hydrogen-bond donors (Lipinski definition) is 1. The first-order valence-corrected chi connectivity index (χ1v) is 10.7. The van der Waals surface area contributed by atoms with Crippen molar-refractivity contribution in [2.75, 3.05) is 0 Å². The molecule has 6 heteroatoms. The number of nitrogens with one attached hydrogen (secondary N) is 1. The van der Waals surface area contributed by atoms with Gasteiger partial charge in [0.15, 0.2) is 0 Å². The van der Waals surface area contributed by atoms with Gasteiger partial charge >= 0.3 is 0 Å². The molecule has 2 amide bonds. The molecule has 0 saturated heterocycles. The summed E-state index contributed by atoms with van der Waals surface area (Å²) in [5, 5.41) is 7.40. The Morgan fingerprint density at radius 1 is 1.06 bits per heavy atom. The highest BCUT2D eigenvalue weighted by molar-refractivity contribution is 5.88. The Morgan fingerprint density at radius 3 is 2.52 bits per heavy atom. The Balaban J connectivity index is 1.46. The van der Waals surface area contributed by atoms with Crippen LogP contribution in [0.5, 0.6) is 0 Å². The molecular formula is C25H28N4O2. The highest BCUT2D eigenvalue weighted by Gasteiger charge is 2.34. The highest BCUT2D eigenvalue weighted by atomic mass is 16.2. The van der Waals surface area contributed by atoms with Gasteiger partial charge in [-0.3, -0.25) is 9.59 Å². The van der Waals surface area contributed by atoms with Crippen molar-refractivity contribution >= 4 is 11.8 Å². The number of para-hydroxylation sites is 1. The summed E-state index contributed by atoms with van der Waals surface area (Å²) in [7, 11) is 0. The first kappa shape index (κ1) is 20.8. The molecule has 4 rings (SSSR count). The van der Waals surface area contributed by atoms with E-state index in [0.717, 1.165) is 22.4 Å². The molecule has 0 saturated carbocycles. The van der Waals surface area contributed by atoms with Crippen molar-refractivity contribution in [3.8, 4) is 5.69 Å². The van der Waals surface area contributed by atoms with Crippen LogP contribution in [0.3, 0.4) is 0 Å². The molecule has 0 aliphatic carbocycles. The monoisotopic (exact) mass is 416 g/mol. The fraction of sp³-hybridized carbons (Fsp3) is 0.320. The van der Waals surface area contributed by atoms with Gasteiger partial charge in [-0.25, -0.2) is 4.68 Å². The lowest BCUT2D eigenvalue weighted by molar-refractivity contribution is -0.142. The van der Waals surface area contributed by atoms with E-state index in [0.29, 0.717) is 25.9 Å². The summed E-state index contributed by atoms with van der Waals surface area (Å²) < 4.78 is 1.79. The summed E-state index contributed by atoms with van der Waals surface area (Å²) in [5.41, 5.74) is 4.13. The Labute approximate surface area is 182 Å². The molecule has 3 aromatic rings. The van der Waals surface area contributed by atoms with Crippen molar-refractivity contribution < 1.29 is 9.59 Å². The lowest BCUT2D eigenvalue weighted by atomic mass is 9.92. The zero-order valence-corrected chi connectivity index (χ0v) is 18.0. The van der Waals surface area contributed by atoms with Crippen LogP contribution in [0.1, 0.15) is 37.0 Å². The molecule has 1 N–H and O–H groups in total. The van der Waals surface area contributed by atoms with Gasteiger partial charge in [0.05, 0.1) is 11.9 Å². The molecule has 0 fully saturated rings. The fourth-order valence-electron chi connectivity index (χ4n) is 3.97. The van der Waals surface area contributed by atoms with Crippen molar-refractivity contribution in [3.63, 3.8) is 0 Å². The van der Waals surface area contributed by atoms with Crippen LogP contribution in [0.25, 0.3) is 5.69 Å². The normalized spacial score (nSPS) is 15.6.